The van der Waals surface area contributed by atoms with Crippen LogP contribution in [0.1, 0.15) is 19.3 Å². The Bertz CT molecular complexity index is 331. The van der Waals surface area contributed by atoms with Gasteiger partial charge in [-0.25, -0.2) is 0 Å². The Morgan fingerprint density at radius 3 is 1.94 bits per heavy atom. The zero-order chi connectivity index (χ0) is 13.1. The minimum atomic E-state index is -4.47. The lowest BCUT2D eigenvalue weighted by Gasteiger charge is -2.30. The van der Waals surface area contributed by atoms with E-state index in [4.69, 9.17) is 19.6 Å². The molecule has 4 N–H and O–H groups in total. The molecule has 0 unspecified atom stereocenters. The quantitative estimate of drug-likeness (QED) is 0.533. The maximum absolute atomic E-state index is 11.2. The minimum absolute atomic E-state index is 0.0510. The molecule has 0 bridgehead atoms. The molecule has 0 radical (unpaired) electrons. The summed E-state index contributed by atoms with van der Waals surface area (Å²) in [6.07, 6.45) is 2.26. The number of hydrogen-bond acceptors (Lipinski definition) is 3. The molecule has 1 fully saturated rings. The van der Waals surface area contributed by atoms with Crippen molar-refractivity contribution in [3.8, 4) is 0 Å². The summed E-state index contributed by atoms with van der Waals surface area (Å²) in [6, 6.07) is 0. The topological polar surface area (TPSA) is 118 Å². The molecule has 1 heterocycles. The predicted molar refractivity (Wildman–Crippen MR) is 63.0 cm³/mol. The van der Waals surface area contributed by atoms with Gasteiger partial charge in [0, 0.05) is 6.54 Å². The molecule has 1 rings (SSSR count). The van der Waals surface area contributed by atoms with Crippen molar-refractivity contribution >= 4 is 15.2 Å². The monoisotopic (exact) mass is 287 g/mol. The Labute approximate surface area is 100 Å². The molecule has 9 heteroatoms. The van der Waals surface area contributed by atoms with Gasteiger partial charge in [-0.05, 0) is 25.9 Å². The highest BCUT2D eigenvalue weighted by Crippen LogP contribution is 2.49. The van der Waals surface area contributed by atoms with Crippen LogP contribution < -0.4 is 0 Å². The van der Waals surface area contributed by atoms with Crippen LogP contribution in [0.3, 0.4) is 0 Å². The van der Waals surface area contributed by atoms with E-state index in [1.54, 1.807) is 0 Å². The lowest BCUT2D eigenvalue weighted by atomic mass is 10.1. The van der Waals surface area contributed by atoms with Crippen LogP contribution in [-0.2, 0) is 9.13 Å². The highest BCUT2D eigenvalue weighted by Gasteiger charge is 2.36. The van der Waals surface area contributed by atoms with E-state index in [1.165, 1.54) is 0 Å². The average Bonchev–Trinajstić information content (AvgIpc) is 2.15. The largest absolute Gasteiger partial charge is 0.330 e. The fourth-order valence-electron chi connectivity index (χ4n) is 1.99. The summed E-state index contributed by atoms with van der Waals surface area (Å²) in [6.45, 7) is 1.52. The van der Waals surface area contributed by atoms with Crippen LogP contribution in [0.25, 0.3) is 0 Å². The Balaban J connectivity index is 2.63. The Morgan fingerprint density at radius 1 is 1.00 bits per heavy atom. The molecule has 0 aromatic carbocycles. The first-order valence-electron chi connectivity index (χ1n) is 5.50. The number of rotatable bonds is 5. The van der Waals surface area contributed by atoms with Gasteiger partial charge < -0.3 is 24.5 Å². The second-order valence-corrected chi connectivity index (χ2v) is 8.05. The maximum Gasteiger partial charge on any atom is 0.330 e. The van der Waals surface area contributed by atoms with E-state index in [0.29, 0.717) is 0 Å². The minimum Gasteiger partial charge on any atom is -0.324 e. The SMILES string of the molecule is O=P(O)(O)C[C@@H](CN1CCCCC1)P(=O)(O)O. The van der Waals surface area contributed by atoms with E-state index < -0.39 is 27.0 Å². The number of nitrogens with zero attached hydrogens (tertiary/aromatic N) is 1. The van der Waals surface area contributed by atoms with Crippen molar-refractivity contribution in [1.82, 2.24) is 4.90 Å². The molecule has 0 saturated carbocycles. The molecule has 1 atom stereocenters. The van der Waals surface area contributed by atoms with Crippen LogP contribution >= 0.6 is 15.2 Å². The zero-order valence-corrected chi connectivity index (χ0v) is 11.3. The van der Waals surface area contributed by atoms with E-state index in [0.717, 1.165) is 32.4 Å². The van der Waals surface area contributed by atoms with Crippen molar-refractivity contribution in [2.45, 2.75) is 24.9 Å². The standard InChI is InChI=1S/C8H19NO6P2/c10-16(11,12)7-8(17(13,14)15)6-9-4-2-1-3-5-9/h8H,1-7H2,(H2,10,11,12)(H2,13,14,15)/t8-/m1/s1. The van der Waals surface area contributed by atoms with Crippen LogP contribution in [0.2, 0.25) is 0 Å². The fraction of sp³-hybridized carbons (Fsp3) is 1.00. The van der Waals surface area contributed by atoms with E-state index in [2.05, 4.69) is 0 Å². The molecule has 0 aliphatic carbocycles. The summed E-state index contributed by atoms with van der Waals surface area (Å²) >= 11 is 0. The van der Waals surface area contributed by atoms with Crippen LogP contribution in [0.4, 0.5) is 0 Å². The first kappa shape index (κ1) is 15.3. The van der Waals surface area contributed by atoms with Gasteiger partial charge >= 0.3 is 15.2 Å². The highest BCUT2D eigenvalue weighted by molar-refractivity contribution is 7.56. The van der Waals surface area contributed by atoms with Crippen LogP contribution in [0.15, 0.2) is 0 Å². The van der Waals surface area contributed by atoms with Gasteiger partial charge in [0.25, 0.3) is 0 Å². The first-order chi connectivity index (χ1) is 7.68. The second-order valence-electron chi connectivity index (χ2n) is 4.45. The molecule has 0 aromatic rings. The normalized spacial score (nSPS) is 21.4. The summed E-state index contributed by atoms with van der Waals surface area (Å²) in [5, 5.41) is 0. The third-order valence-corrected chi connectivity index (χ3v) is 5.34. The number of likely N-dealkylation sites (tertiary alicyclic amines) is 1. The van der Waals surface area contributed by atoms with E-state index in [1.807, 2.05) is 4.90 Å². The predicted octanol–water partition coefficient (Wildman–Crippen LogP) is 0.196. The highest BCUT2D eigenvalue weighted by atomic mass is 31.2. The lowest BCUT2D eigenvalue weighted by molar-refractivity contribution is 0.220. The van der Waals surface area contributed by atoms with E-state index >= 15 is 0 Å². The summed E-state index contributed by atoms with van der Waals surface area (Å²) < 4.78 is 22.1. The maximum atomic E-state index is 11.2. The first-order valence-corrected chi connectivity index (χ1v) is 8.98. The Hall–Kier alpha value is 0.260. The molecule has 17 heavy (non-hydrogen) atoms. The van der Waals surface area contributed by atoms with Gasteiger partial charge in [0.1, 0.15) is 0 Å². The number of hydrogen-bond donors (Lipinski definition) is 4. The summed E-state index contributed by atoms with van der Waals surface area (Å²) in [7, 11) is -8.88. The van der Waals surface area contributed by atoms with Crippen molar-refractivity contribution in [3.63, 3.8) is 0 Å². The fourth-order valence-corrected chi connectivity index (χ4v) is 4.58. The van der Waals surface area contributed by atoms with Crippen molar-refractivity contribution in [2.24, 2.45) is 0 Å². The molecule has 1 aliphatic rings. The van der Waals surface area contributed by atoms with Gasteiger partial charge in [-0.15, -0.1) is 0 Å². The van der Waals surface area contributed by atoms with Crippen molar-refractivity contribution in [2.75, 3.05) is 25.8 Å². The van der Waals surface area contributed by atoms with Crippen LogP contribution in [-0.4, -0.2) is 55.9 Å². The van der Waals surface area contributed by atoms with Gasteiger partial charge in [-0.1, -0.05) is 6.42 Å². The van der Waals surface area contributed by atoms with Gasteiger partial charge in [-0.2, -0.15) is 0 Å². The molecule has 1 saturated heterocycles. The summed E-state index contributed by atoms with van der Waals surface area (Å²) in [5.41, 5.74) is -1.28. The second kappa shape index (κ2) is 5.93. The smallest absolute Gasteiger partial charge is 0.324 e. The van der Waals surface area contributed by atoms with E-state index in [-0.39, 0.29) is 6.54 Å². The van der Waals surface area contributed by atoms with Crippen LogP contribution in [0, 0.1) is 0 Å². The Kier molecular flexibility index (Phi) is 5.35. The molecule has 0 aromatic heterocycles. The molecule has 0 spiro atoms. The number of piperidine rings is 1. The summed E-state index contributed by atoms with van der Waals surface area (Å²) in [4.78, 5) is 37.7. The zero-order valence-electron chi connectivity index (χ0n) is 9.47. The molecular weight excluding hydrogens is 268 g/mol. The molecule has 0 amide bonds. The molecular formula is C8H19NO6P2. The van der Waals surface area contributed by atoms with Crippen molar-refractivity contribution in [3.05, 3.63) is 0 Å². The van der Waals surface area contributed by atoms with Gasteiger partial charge in [-0.3, -0.25) is 9.13 Å². The van der Waals surface area contributed by atoms with E-state index in [9.17, 15) is 9.13 Å². The molecule has 102 valence electrons. The van der Waals surface area contributed by atoms with Crippen molar-refractivity contribution < 1.29 is 28.7 Å². The third-order valence-electron chi connectivity index (χ3n) is 2.84. The summed E-state index contributed by atoms with van der Waals surface area (Å²) in [5.74, 6) is 0. The lowest BCUT2D eigenvalue weighted by Crippen LogP contribution is -2.37. The van der Waals surface area contributed by atoms with Crippen molar-refractivity contribution in [1.29, 1.82) is 0 Å². The average molecular weight is 287 g/mol. The Morgan fingerprint density at radius 2 is 1.53 bits per heavy atom. The third kappa shape index (κ3) is 6.11. The van der Waals surface area contributed by atoms with Gasteiger partial charge in [0.05, 0.1) is 11.8 Å². The van der Waals surface area contributed by atoms with Crippen LogP contribution in [0.5, 0.6) is 0 Å². The molecule has 7 nitrogen and oxygen atoms in total. The molecule has 1 aliphatic heterocycles. The van der Waals surface area contributed by atoms with Gasteiger partial charge in [0.15, 0.2) is 0 Å². The van der Waals surface area contributed by atoms with Gasteiger partial charge in [0.2, 0.25) is 0 Å².